The van der Waals surface area contributed by atoms with E-state index in [1.807, 2.05) is 0 Å². The molecule has 0 aromatic carbocycles. The van der Waals surface area contributed by atoms with Gasteiger partial charge in [-0.15, -0.1) is 0 Å². The van der Waals surface area contributed by atoms with Gasteiger partial charge in [-0.25, -0.2) is 9.78 Å². The zero-order valence-electron chi connectivity index (χ0n) is 7.57. The van der Waals surface area contributed by atoms with Crippen LogP contribution in [0.15, 0.2) is 0 Å². The number of rotatable bonds is 1. The smallest absolute Gasteiger partial charge is 0.371 e. The maximum absolute atomic E-state index is 11.0. The van der Waals surface area contributed by atoms with Crippen LogP contribution < -0.4 is 0 Å². The molecule has 0 unspecified atom stereocenters. The number of nitrogens with one attached hydrogen (secondary N) is 1. The van der Waals surface area contributed by atoms with Crippen LogP contribution in [-0.2, 0) is 17.9 Å². The van der Waals surface area contributed by atoms with Gasteiger partial charge in [-0.2, -0.15) is 0 Å². The summed E-state index contributed by atoms with van der Waals surface area (Å²) in [5.74, 6) is -1.17. The highest BCUT2D eigenvalue weighted by Gasteiger charge is 2.26. The molecule has 14 heavy (non-hydrogen) atoms. The predicted molar refractivity (Wildman–Crippen MR) is 45.5 cm³/mol. The topological polar surface area (TPSA) is 86.3 Å². The predicted octanol–water partition coefficient (Wildman–Crippen LogP) is -0.0300. The minimum Gasteiger partial charge on any atom is -0.475 e. The number of imidazole rings is 1. The molecule has 2 N–H and O–H groups in total. The Balaban J connectivity index is 2.24. The van der Waals surface area contributed by atoms with Crippen molar-refractivity contribution in [2.75, 3.05) is 0 Å². The molecule has 2 rings (SSSR count). The van der Waals surface area contributed by atoms with Crippen LogP contribution in [0.25, 0.3) is 0 Å². The number of carboxylic acid groups (broad SMARTS) is 1. The van der Waals surface area contributed by atoms with Crippen LogP contribution in [0.1, 0.15) is 28.9 Å². The Hall–Kier alpha value is -1.85. The third-order valence-electron chi connectivity index (χ3n) is 2.20. The van der Waals surface area contributed by atoms with Crippen LogP contribution >= 0.6 is 0 Å². The molecular weight excluding hydrogens is 186 g/mol. The van der Waals surface area contributed by atoms with Crippen LogP contribution in [0.2, 0.25) is 0 Å². The number of H-pyrrole nitrogens is 1. The standard InChI is InChI=1S/C8H9N3O3/c1-4(12)11-2-5-6(3-11)10-7(9-5)8(13)14/h2-3H2,1H3,(H,9,10)(H,13,14). The van der Waals surface area contributed by atoms with Crippen LogP contribution in [0.5, 0.6) is 0 Å². The van der Waals surface area contributed by atoms with Crippen molar-refractivity contribution < 1.29 is 14.7 Å². The van der Waals surface area contributed by atoms with Gasteiger partial charge in [-0.3, -0.25) is 4.79 Å². The van der Waals surface area contributed by atoms with Gasteiger partial charge in [0.2, 0.25) is 11.7 Å². The normalized spacial score (nSPS) is 14.2. The van der Waals surface area contributed by atoms with Gasteiger partial charge < -0.3 is 15.0 Å². The Bertz CT molecular complexity index is 386. The largest absolute Gasteiger partial charge is 0.475 e. The van der Waals surface area contributed by atoms with Gasteiger partial charge in [0.15, 0.2) is 0 Å². The van der Waals surface area contributed by atoms with E-state index in [4.69, 9.17) is 5.11 Å². The molecule has 0 fully saturated rings. The number of aromatic nitrogens is 2. The van der Waals surface area contributed by atoms with Gasteiger partial charge in [-0.1, -0.05) is 0 Å². The Morgan fingerprint density at radius 3 is 2.71 bits per heavy atom. The molecule has 1 amide bonds. The first-order chi connectivity index (χ1) is 6.58. The number of hydrogen-bond donors (Lipinski definition) is 2. The molecule has 1 aromatic rings. The van der Waals surface area contributed by atoms with Crippen molar-refractivity contribution in [3.63, 3.8) is 0 Å². The molecule has 0 saturated heterocycles. The quantitative estimate of drug-likeness (QED) is 0.658. The summed E-state index contributed by atoms with van der Waals surface area (Å²) in [7, 11) is 0. The number of aromatic amines is 1. The first-order valence-corrected chi connectivity index (χ1v) is 4.14. The van der Waals surface area contributed by atoms with Gasteiger partial charge in [-0.05, 0) is 0 Å². The van der Waals surface area contributed by atoms with Gasteiger partial charge in [0, 0.05) is 6.92 Å². The summed E-state index contributed by atoms with van der Waals surface area (Å²) < 4.78 is 0. The summed E-state index contributed by atoms with van der Waals surface area (Å²) in [6.45, 7) is 2.30. The lowest BCUT2D eigenvalue weighted by Gasteiger charge is -2.11. The van der Waals surface area contributed by atoms with E-state index in [2.05, 4.69) is 9.97 Å². The van der Waals surface area contributed by atoms with Gasteiger partial charge >= 0.3 is 5.97 Å². The van der Waals surface area contributed by atoms with E-state index >= 15 is 0 Å². The fourth-order valence-corrected chi connectivity index (χ4v) is 1.46. The zero-order valence-corrected chi connectivity index (χ0v) is 7.57. The molecule has 0 bridgehead atoms. The third kappa shape index (κ3) is 1.24. The molecule has 1 aliphatic rings. The summed E-state index contributed by atoms with van der Waals surface area (Å²) >= 11 is 0. The summed E-state index contributed by atoms with van der Waals surface area (Å²) in [6, 6.07) is 0. The maximum Gasteiger partial charge on any atom is 0.371 e. The van der Waals surface area contributed by atoms with E-state index in [1.54, 1.807) is 4.90 Å². The molecule has 1 aromatic heterocycles. The molecular formula is C8H9N3O3. The van der Waals surface area contributed by atoms with E-state index in [0.717, 1.165) is 5.69 Å². The lowest BCUT2D eigenvalue weighted by Crippen LogP contribution is -2.22. The van der Waals surface area contributed by atoms with Gasteiger partial charge in [0.1, 0.15) is 0 Å². The Labute approximate surface area is 79.6 Å². The first-order valence-electron chi connectivity index (χ1n) is 4.14. The Morgan fingerprint density at radius 2 is 2.21 bits per heavy atom. The number of amides is 1. The van der Waals surface area contributed by atoms with E-state index in [1.165, 1.54) is 6.92 Å². The molecule has 0 radical (unpaired) electrons. The first kappa shape index (κ1) is 8.74. The van der Waals surface area contributed by atoms with E-state index in [9.17, 15) is 9.59 Å². The average Bonchev–Trinajstić information content (AvgIpc) is 2.57. The summed E-state index contributed by atoms with van der Waals surface area (Å²) in [4.78, 5) is 29.7. The Kier molecular flexibility index (Phi) is 1.77. The molecule has 2 heterocycles. The van der Waals surface area contributed by atoms with Crippen molar-refractivity contribution in [1.29, 1.82) is 0 Å². The van der Waals surface area contributed by atoms with Crippen molar-refractivity contribution in [2.45, 2.75) is 20.0 Å². The third-order valence-corrected chi connectivity index (χ3v) is 2.20. The van der Waals surface area contributed by atoms with Crippen LogP contribution in [0, 0.1) is 0 Å². The van der Waals surface area contributed by atoms with Crippen LogP contribution in [0.3, 0.4) is 0 Å². The van der Waals surface area contributed by atoms with Crippen LogP contribution in [0.4, 0.5) is 0 Å². The Morgan fingerprint density at radius 1 is 1.50 bits per heavy atom. The van der Waals surface area contributed by atoms with E-state index in [-0.39, 0.29) is 11.7 Å². The van der Waals surface area contributed by atoms with E-state index in [0.29, 0.717) is 18.8 Å². The van der Waals surface area contributed by atoms with Crippen molar-refractivity contribution in [3.05, 3.63) is 17.2 Å². The number of fused-ring (bicyclic) bond motifs is 1. The molecule has 1 aliphatic heterocycles. The molecule has 0 aliphatic carbocycles. The number of nitrogens with zero attached hydrogens (tertiary/aromatic N) is 2. The van der Waals surface area contributed by atoms with Crippen LogP contribution in [-0.4, -0.2) is 31.9 Å². The monoisotopic (exact) mass is 195 g/mol. The second-order valence-corrected chi connectivity index (χ2v) is 3.19. The van der Waals surface area contributed by atoms with E-state index < -0.39 is 5.97 Å². The van der Waals surface area contributed by atoms with Crippen molar-refractivity contribution in [3.8, 4) is 0 Å². The van der Waals surface area contributed by atoms with Gasteiger partial charge in [0.05, 0.1) is 24.5 Å². The number of carbonyl (C=O) groups is 2. The average molecular weight is 195 g/mol. The molecule has 0 atom stereocenters. The molecule has 74 valence electrons. The SMILES string of the molecule is CC(=O)N1Cc2nc(C(=O)O)[nH]c2C1. The fraction of sp³-hybridized carbons (Fsp3) is 0.375. The highest BCUT2D eigenvalue weighted by molar-refractivity contribution is 5.83. The highest BCUT2D eigenvalue weighted by Crippen LogP contribution is 2.20. The number of carbonyl (C=O) groups excluding carboxylic acids is 1. The minimum atomic E-state index is -1.08. The number of aromatic carboxylic acids is 1. The van der Waals surface area contributed by atoms with Crippen molar-refractivity contribution in [2.24, 2.45) is 0 Å². The highest BCUT2D eigenvalue weighted by atomic mass is 16.4. The molecule has 6 heteroatoms. The van der Waals surface area contributed by atoms with Crippen molar-refractivity contribution >= 4 is 11.9 Å². The second kappa shape index (κ2) is 2.83. The molecule has 6 nitrogen and oxygen atoms in total. The minimum absolute atomic E-state index is 0.0340. The van der Waals surface area contributed by atoms with Crippen molar-refractivity contribution in [1.82, 2.24) is 14.9 Å². The summed E-state index contributed by atoms with van der Waals surface area (Å²) in [5.41, 5.74) is 1.37. The zero-order chi connectivity index (χ0) is 10.3. The molecule has 0 saturated carbocycles. The fourth-order valence-electron chi connectivity index (χ4n) is 1.46. The summed E-state index contributed by atoms with van der Waals surface area (Å²) in [5, 5.41) is 8.64. The van der Waals surface area contributed by atoms with Gasteiger partial charge in [0.25, 0.3) is 0 Å². The summed E-state index contributed by atoms with van der Waals surface area (Å²) in [6.07, 6.45) is 0. The number of hydrogen-bond acceptors (Lipinski definition) is 3. The lowest BCUT2D eigenvalue weighted by molar-refractivity contribution is -0.129. The maximum atomic E-state index is 11.0. The lowest BCUT2D eigenvalue weighted by atomic mass is 10.4. The second-order valence-electron chi connectivity index (χ2n) is 3.19. The molecule has 0 spiro atoms. The number of carboxylic acids is 1.